The molecule has 7 nitrogen and oxygen atoms in total. The molecule has 2 aromatic carbocycles. The number of hydrogen-bond acceptors (Lipinski definition) is 7. The van der Waals surface area contributed by atoms with Crippen LogP contribution in [-0.4, -0.2) is 46.4 Å². The molecule has 0 aliphatic heterocycles. The summed E-state index contributed by atoms with van der Waals surface area (Å²) in [5.41, 5.74) is 1.22. The minimum absolute atomic E-state index is 0. The molecule has 0 fully saturated rings. The van der Waals surface area contributed by atoms with Crippen LogP contribution in [0, 0.1) is 12.3 Å². The first-order valence-corrected chi connectivity index (χ1v) is 7.49. The summed E-state index contributed by atoms with van der Waals surface area (Å²) in [5, 5.41) is 22.2. The molecule has 28 heavy (non-hydrogen) atoms. The number of aliphatic hydroxyl groups is 2. The summed E-state index contributed by atoms with van der Waals surface area (Å²) < 4.78 is 69.9. The number of halogens is 1. The van der Waals surface area contributed by atoms with E-state index in [2.05, 4.69) is 21.2 Å². The lowest BCUT2D eigenvalue weighted by molar-refractivity contribution is 0.178. The maximum absolute atomic E-state index is 9.54. The molecule has 8 heteroatoms. The van der Waals surface area contributed by atoms with Crippen molar-refractivity contribution >= 4 is 34.8 Å². The first-order chi connectivity index (χ1) is 16.0. The van der Waals surface area contributed by atoms with Crippen molar-refractivity contribution in [1.82, 2.24) is 9.97 Å². The normalized spacial score (nSPS) is 16.3. The van der Waals surface area contributed by atoms with Crippen LogP contribution in [0.25, 0.3) is 10.9 Å². The summed E-state index contributed by atoms with van der Waals surface area (Å²) in [6.07, 6.45) is 6.58. The van der Waals surface area contributed by atoms with Crippen LogP contribution in [0.3, 0.4) is 0 Å². The molecule has 0 spiro atoms. The van der Waals surface area contributed by atoms with E-state index in [0.717, 1.165) is 18.5 Å². The Labute approximate surface area is 180 Å². The van der Waals surface area contributed by atoms with Crippen molar-refractivity contribution in [1.29, 1.82) is 0 Å². The number of nitrogens with one attached hydrogen (secondary N) is 1. The fraction of sp³-hybridized carbons (Fsp3) is 0.200. The fourth-order valence-electron chi connectivity index (χ4n) is 2.30. The van der Waals surface area contributed by atoms with E-state index >= 15 is 0 Å². The number of rotatable bonds is 8. The second-order valence-corrected chi connectivity index (χ2v) is 5.02. The van der Waals surface area contributed by atoms with Crippen LogP contribution in [0.4, 0.5) is 11.5 Å². The molecule has 3 aromatic rings. The Hall–Kier alpha value is -3.05. The molecule has 0 saturated heterocycles. The summed E-state index contributed by atoms with van der Waals surface area (Å²) in [6.45, 7) is -13.7. The molecule has 0 atom stereocenters. The number of ether oxygens (including phenoxy) is 2. The van der Waals surface area contributed by atoms with Crippen LogP contribution in [0.1, 0.15) is 16.5 Å². The van der Waals surface area contributed by atoms with Crippen molar-refractivity contribution in [3.05, 3.63) is 48.3 Å². The molecule has 0 saturated carbocycles. The van der Waals surface area contributed by atoms with Gasteiger partial charge in [0.05, 0.1) is 29.6 Å². The van der Waals surface area contributed by atoms with Gasteiger partial charge < -0.3 is 25.0 Å². The second kappa shape index (κ2) is 10.3. The Morgan fingerprint density at radius 3 is 2.46 bits per heavy atom. The van der Waals surface area contributed by atoms with Gasteiger partial charge in [-0.2, -0.15) is 0 Å². The van der Waals surface area contributed by atoms with Crippen LogP contribution in [0.15, 0.2) is 42.7 Å². The number of terminal acetylenes is 1. The van der Waals surface area contributed by atoms with E-state index in [9.17, 15) is 10.2 Å². The number of anilines is 2. The predicted octanol–water partition coefficient (Wildman–Crippen LogP) is 2.52. The quantitative estimate of drug-likeness (QED) is 0.492. The number of benzene rings is 2. The van der Waals surface area contributed by atoms with Crippen molar-refractivity contribution < 1.29 is 30.7 Å². The van der Waals surface area contributed by atoms with Crippen molar-refractivity contribution in [2.24, 2.45) is 0 Å². The van der Waals surface area contributed by atoms with E-state index in [1.54, 1.807) is 24.3 Å². The Kier molecular flexibility index (Phi) is 4.58. The summed E-state index contributed by atoms with van der Waals surface area (Å²) in [5.74, 6) is 1.39. The monoisotopic (exact) mass is 409 g/mol. The van der Waals surface area contributed by atoms with Crippen LogP contribution in [0.2, 0.25) is 0 Å². The smallest absolute Gasteiger partial charge is 0.163 e. The molecule has 0 aliphatic rings. The number of hydrogen-bond donors (Lipinski definition) is 3. The first kappa shape index (κ1) is 12.4. The topological polar surface area (TPSA) is 96.7 Å². The Bertz CT molecular complexity index is 1290. The lowest BCUT2D eigenvalue weighted by Gasteiger charge is -2.14. The van der Waals surface area contributed by atoms with Crippen LogP contribution >= 0.6 is 12.4 Å². The molecule has 3 N–H and O–H groups in total. The molecule has 0 amide bonds. The van der Waals surface area contributed by atoms with Crippen molar-refractivity contribution in [2.75, 3.05) is 31.6 Å². The van der Waals surface area contributed by atoms with Crippen molar-refractivity contribution in [3.63, 3.8) is 0 Å². The summed E-state index contributed by atoms with van der Waals surface area (Å²) in [7, 11) is 0. The summed E-state index contributed by atoms with van der Waals surface area (Å²) in [6, 6.07) is 8.90. The van der Waals surface area contributed by atoms with Gasteiger partial charge in [-0.1, -0.05) is 12.0 Å². The zero-order chi connectivity index (χ0) is 26.2. The zero-order valence-corrected chi connectivity index (χ0v) is 14.9. The Balaban J connectivity index is 0.00000456. The van der Waals surface area contributed by atoms with Gasteiger partial charge in [0, 0.05) is 22.7 Å². The highest BCUT2D eigenvalue weighted by atomic mass is 35.5. The maximum atomic E-state index is 9.54. The molecule has 1 heterocycles. The average Bonchev–Trinajstić information content (AvgIpc) is 2.73. The van der Waals surface area contributed by atoms with E-state index in [-0.39, 0.29) is 29.1 Å². The third-order valence-corrected chi connectivity index (χ3v) is 3.41. The van der Waals surface area contributed by atoms with Crippen LogP contribution in [-0.2, 0) is 0 Å². The lowest BCUT2D eigenvalue weighted by Crippen LogP contribution is -2.07. The summed E-state index contributed by atoms with van der Waals surface area (Å²) >= 11 is 0. The largest absolute Gasteiger partial charge is 0.487 e. The zero-order valence-electron chi connectivity index (χ0n) is 22.1. The van der Waals surface area contributed by atoms with Crippen LogP contribution < -0.4 is 14.8 Å². The molecule has 3 rings (SSSR count). The van der Waals surface area contributed by atoms with Gasteiger partial charge in [-0.15, -0.1) is 18.8 Å². The van der Waals surface area contributed by atoms with Crippen molar-refractivity contribution in [2.45, 2.75) is 0 Å². The molecule has 0 unspecified atom stereocenters. The van der Waals surface area contributed by atoms with Gasteiger partial charge in [-0.05, 0) is 24.3 Å². The Morgan fingerprint density at radius 1 is 1.07 bits per heavy atom. The van der Waals surface area contributed by atoms with Gasteiger partial charge in [0.1, 0.15) is 25.3 Å². The van der Waals surface area contributed by atoms with E-state index < -0.39 is 37.7 Å². The van der Waals surface area contributed by atoms with E-state index in [1.807, 2.05) is 0 Å². The highest BCUT2D eigenvalue weighted by Gasteiger charge is 2.12. The molecule has 146 valence electrons. The average molecular weight is 410 g/mol. The summed E-state index contributed by atoms with van der Waals surface area (Å²) in [4.78, 5) is 8.17. The van der Waals surface area contributed by atoms with E-state index in [0.29, 0.717) is 11.3 Å². The van der Waals surface area contributed by atoms with Gasteiger partial charge in [0.15, 0.2) is 11.5 Å². The van der Waals surface area contributed by atoms with E-state index in [1.165, 1.54) is 0 Å². The third-order valence-electron chi connectivity index (χ3n) is 3.41. The van der Waals surface area contributed by atoms with Gasteiger partial charge in [-0.3, -0.25) is 0 Å². The Morgan fingerprint density at radius 2 is 1.79 bits per heavy atom. The standard InChI is InChI=1S/C20H19N3O4.ClH/c1-2-14-4-3-5-15(10-14)23-20-16-11-18(26-8-6-24)19(27-9-7-25)12-17(16)21-13-22-20;/h1,3-5,10-13,24-25H,6-9H2,(H,21,22,23);1H/i6D2,7D2,8D2,9D2;. The maximum Gasteiger partial charge on any atom is 0.163 e. The van der Waals surface area contributed by atoms with Gasteiger partial charge >= 0.3 is 0 Å². The molecule has 0 aliphatic carbocycles. The molecule has 1 aromatic heterocycles. The minimum Gasteiger partial charge on any atom is -0.487 e. The van der Waals surface area contributed by atoms with E-state index in [4.69, 9.17) is 26.9 Å². The highest BCUT2D eigenvalue weighted by Crippen LogP contribution is 2.35. The number of fused-ring (bicyclic) bond motifs is 1. The fourth-order valence-corrected chi connectivity index (χ4v) is 2.30. The first-order valence-electron chi connectivity index (χ1n) is 11.5. The predicted molar refractivity (Wildman–Crippen MR) is 110 cm³/mol. The molecular formula is C20H20ClN3O4. The number of aromatic nitrogens is 2. The molecular weight excluding hydrogens is 382 g/mol. The minimum atomic E-state index is -3.49. The highest BCUT2D eigenvalue weighted by molar-refractivity contribution is 5.93. The van der Waals surface area contributed by atoms with Crippen LogP contribution in [0.5, 0.6) is 11.5 Å². The number of nitrogens with zero attached hydrogens (tertiary/aromatic N) is 2. The van der Waals surface area contributed by atoms with Gasteiger partial charge in [-0.25, -0.2) is 9.97 Å². The SMILES string of the molecule is Cl.[2H]C([2H])(O)C([2H])([2H])Oc1cc2ncnc(Nc3cccc(C#C)c3)c2cc1OC([2H])([2H])C([2H])([2H])O. The van der Waals surface area contributed by atoms with Gasteiger partial charge in [0.2, 0.25) is 0 Å². The van der Waals surface area contributed by atoms with Gasteiger partial charge in [0.25, 0.3) is 0 Å². The third kappa shape index (κ3) is 5.02. The van der Waals surface area contributed by atoms with Crippen molar-refractivity contribution in [3.8, 4) is 23.8 Å². The molecule has 0 bridgehead atoms. The lowest BCUT2D eigenvalue weighted by atomic mass is 10.2. The second-order valence-electron chi connectivity index (χ2n) is 5.02. The molecule has 0 radical (unpaired) electrons.